The van der Waals surface area contributed by atoms with Gasteiger partial charge in [0.15, 0.2) is 0 Å². The second-order valence-electron chi connectivity index (χ2n) is 9.40. The van der Waals surface area contributed by atoms with Crippen LogP contribution in [-0.4, -0.2) is 56.6 Å². The second kappa shape index (κ2) is 8.53. The van der Waals surface area contributed by atoms with Gasteiger partial charge in [-0.05, 0) is 36.5 Å². The van der Waals surface area contributed by atoms with Gasteiger partial charge in [0.05, 0.1) is 11.1 Å². The third kappa shape index (κ3) is 3.99. The van der Waals surface area contributed by atoms with E-state index in [1.54, 1.807) is 6.20 Å². The minimum absolute atomic E-state index is 0.248. The van der Waals surface area contributed by atoms with Crippen molar-refractivity contribution in [3.63, 3.8) is 0 Å². The van der Waals surface area contributed by atoms with E-state index in [0.717, 1.165) is 42.5 Å². The summed E-state index contributed by atoms with van der Waals surface area (Å²) in [6, 6.07) is 10.7. The molecule has 5 nitrogen and oxygen atoms in total. The topological polar surface area (TPSA) is 56.7 Å². The lowest BCUT2D eigenvalue weighted by atomic mass is 9.91. The zero-order valence-corrected chi connectivity index (χ0v) is 18.6. The molecule has 1 saturated carbocycles. The quantitative estimate of drug-likeness (QED) is 0.772. The molecule has 3 heterocycles. The van der Waals surface area contributed by atoms with E-state index >= 15 is 0 Å². The number of carbonyl (C=O) groups is 1. The second-order valence-corrected chi connectivity index (χ2v) is 9.84. The molecule has 2 aliphatic heterocycles. The van der Waals surface area contributed by atoms with Crippen LogP contribution in [0.1, 0.15) is 50.5 Å². The molecule has 0 radical (unpaired) electrons. The highest BCUT2D eigenvalue weighted by molar-refractivity contribution is 6.30. The summed E-state index contributed by atoms with van der Waals surface area (Å²) < 4.78 is 0. The minimum atomic E-state index is -0.535. The van der Waals surface area contributed by atoms with Gasteiger partial charge in [-0.2, -0.15) is 0 Å². The van der Waals surface area contributed by atoms with Crippen molar-refractivity contribution in [1.29, 1.82) is 0 Å². The molecule has 1 unspecified atom stereocenters. The number of aromatic nitrogens is 1. The van der Waals surface area contributed by atoms with Crippen molar-refractivity contribution in [2.75, 3.05) is 13.1 Å². The highest BCUT2D eigenvalue weighted by Crippen LogP contribution is 2.42. The highest BCUT2D eigenvalue weighted by atomic mass is 35.5. The van der Waals surface area contributed by atoms with Crippen molar-refractivity contribution in [2.45, 2.75) is 69.2 Å². The maximum absolute atomic E-state index is 13.6. The van der Waals surface area contributed by atoms with E-state index in [4.69, 9.17) is 11.6 Å². The lowest BCUT2D eigenvalue weighted by Gasteiger charge is -2.36. The molecule has 1 N–H and O–H groups in total. The van der Waals surface area contributed by atoms with E-state index in [0.29, 0.717) is 30.6 Å². The number of nitrogens with zero attached hydrogens (tertiary/aromatic N) is 3. The normalized spacial score (nSPS) is 27.5. The van der Waals surface area contributed by atoms with E-state index in [1.807, 2.05) is 12.3 Å². The van der Waals surface area contributed by atoms with Crippen LogP contribution in [0, 0.1) is 0 Å². The van der Waals surface area contributed by atoms with E-state index in [1.165, 1.54) is 19.3 Å². The Morgan fingerprint density at radius 1 is 1.10 bits per heavy atom. The van der Waals surface area contributed by atoms with Gasteiger partial charge in [-0.15, -0.1) is 0 Å². The zero-order chi connectivity index (χ0) is 21.4. The van der Waals surface area contributed by atoms with Crippen molar-refractivity contribution in [3.8, 4) is 11.1 Å². The number of halogens is 1. The molecule has 2 atom stereocenters. The summed E-state index contributed by atoms with van der Waals surface area (Å²) in [5.41, 5.74) is 2.67. The van der Waals surface area contributed by atoms with Gasteiger partial charge in [-0.1, -0.05) is 55.1 Å². The fraction of sp³-hybridized carbons (Fsp3) is 0.520. The molecule has 6 heteroatoms. The number of benzene rings is 1. The van der Waals surface area contributed by atoms with Crippen molar-refractivity contribution < 1.29 is 9.90 Å². The largest absolute Gasteiger partial charge is 0.392 e. The maximum Gasteiger partial charge on any atom is 0.243 e. The molecule has 0 bridgehead atoms. The summed E-state index contributed by atoms with van der Waals surface area (Å²) in [5.74, 6) is 0.248. The molecule has 1 aliphatic carbocycles. The average molecular weight is 440 g/mol. The first kappa shape index (κ1) is 20.9. The molecule has 2 aromatic rings. The van der Waals surface area contributed by atoms with Crippen LogP contribution in [0.25, 0.3) is 11.1 Å². The number of amides is 1. The van der Waals surface area contributed by atoms with E-state index in [2.05, 4.69) is 39.0 Å². The molecule has 1 aromatic carbocycles. The van der Waals surface area contributed by atoms with Crippen LogP contribution in [0.3, 0.4) is 0 Å². The number of hydrogen-bond donors (Lipinski definition) is 1. The van der Waals surface area contributed by atoms with Crippen LogP contribution in [0.15, 0.2) is 42.7 Å². The van der Waals surface area contributed by atoms with Crippen molar-refractivity contribution in [2.24, 2.45) is 0 Å². The Kier molecular flexibility index (Phi) is 5.76. The van der Waals surface area contributed by atoms with Gasteiger partial charge in [-0.25, -0.2) is 0 Å². The summed E-state index contributed by atoms with van der Waals surface area (Å²) in [5, 5.41) is 11.1. The molecule has 5 rings (SSSR count). The maximum atomic E-state index is 13.6. The summed E-state index contributed by atoms with van der Waals surface area (Å²) in [6.07, 6.45) is 10.4. The van der Waals surface area contributed by atoms with Crippen LogP contribution < -0.4 is 0 Å². The Balaban J connectivity index is 1.33. The van der Waals surface area contributed by atoms with E-state index in [-0.39, 0.29) is 5.91 Å². The van der Waals surface area contributed by atoms with Gasteiger partial charge in [-0.3, -0.25) is 14.7 Å². The molecule has 1 spiro atoms. The van der Waals surface area contributed by atoms with Crippen molar-refractivity contribution in [3.05, 3.63) is 53.3 Å². The molecule has 31 heavy (non-hydrogen) atoms. The van der Waals surface area contributed by atoms with Crippen LogP contribution in [0.2, 0.25) is 5.02 Å². The van der Waals surface area contributed by atoms with E-state index in [9.17, 15) is 9.90 Å². The number of aliphatic hydroxyl groups is 1. The Morgan fingerprint density at radius 3 is 2.61 bits per heavy atom. The first-order valence-corrected chi connectivity index (χ1v) is 11.9. The molecule has 3 aliphatic rings. The number of carbonyl (C=O) groups excluding carboxylic acids is 1. The predicted octanol–water partition coefficient (Wildman–Crippen LogP) is 4.27. The first-order chi connectivity index (χ1) is 15.0. The van der Waals surface area contributed by atoms with Crippen molar-refractivity contribution >= 4 is 17.5 Å². The summed E-state index contributed by atoms with van der Waals surface area (Å²) in [6.45, 7) is 2.06. The molecule has 2 saturated heterocycles. The fourth-order valence-electron chi connectivity index (χ4n) is 5.83. The number of hydrogen-bond acceptors (Lipinski definition) is 4. The fourth-order valence-corrected chi connectivity index (χ4v) is 6.00. The first-order valence-electron chi connectivity index (χ1n) is 11.5. The smallest absolute Gasteiger partial charge is 0.243 e. The lowest BCUT2D eigenvalue weighted by molar-refractivity contribution is -0.139. The third-order valence-electron chi connectivity index (χ3n) is 7.42. The number of aliphatic hydroxyl groups excluding tert-OH is 1. The Hall–Kier alpha value is -1.95. The van der Waals surface area contributed by atoms with Crippen LogP contribution in [0.4, 0.5) is 0 Å². The lowest BCUT2D eigenvalue weighted by Crippen LogP contribution is -2.51. The van der Waals surface area contributed by atoms with Gasteiger partial charge in [0.1, 0.15) is 5.54 Å². The molecular formula is C25H30ClN3O2. The average Bonchev–Trinajstić information content (AvgIpc) is 3.28. The van der Waals surface area contributed by atoms with Gasteiger partial charge in [0, 0.05) is 50.1 Å². The summed E-state index contributed by atoms with van der Waals surface area (Å²) in [7, 11) is 0. The molecular weight excluding hydrogens is 410 g/mol. The monoisotopic (exact) mass is 439 g/mol. The third-order valence-corrected chi connectivity index (χ3v) is 7.62. The Morgan fingerprint density at radius 2 is 1.87 bits per heavy atom. The number of β-amino-alcohol motifs (C(OH)–C–C–N with tert-alkyl or cyclic N) is 1. The molecule has 3 fully saturated rings. The SMILES string of the molecule is O=C1N(C2CCCCC2)CCC12C[C@@H](O)CN2Cc1ccc(-c2cncc(Cl)c2)cc1. The predicted molar refractivity (Wildman–Crippen MR) is 122 cm³/mol. The van der Waals surface area contributed by atoms with Gasteiger partial charge >= 0.3 is 0 Å². The number of rotatable bonds is 4. The standard InChI is InChI=1S/C25H30ClN3O2/c26-21-12-20(14-27-15-21)19-8-6-18(7-9-19)16-28-17-23(30)13-25(28)10-11-29(24(25)31)22-4-2-1-3-5-22/h6-9,12,14-15,22-23,30H,1-5,10-11,13,16-17H2/t23-,25?/m1/s1. The van der Waals surface area contributed by atoms with Gasteiger partial charge < -0.3 is 10.0 Å². The minimum Gasteiger partial charge on any atom is -0.392 e. The van der Waals surface area contributed by atoms with E-state index < -0.39 is 11.6 Å². The molecule has 1 aromatic heterocycles. The summed E-state index contributed by atoms with van der Waals surface area (Å²) in [4.78, 5) is 22.1. The Bertz CT molecular complexity index is 944. The zero-order valence-electron chi connectivity index (χ0n) is 17.8. The molecule has 1 amide bonds. The van der Waals surface area contributed by atoms with Crippen LogP contribution in [-0.2, 0) is 11.3 Å². The number of likely N-dealkylation sites (tertiary alicyclic amines) is 2. The summed E-state index contributed by atoms with van der Waals surface area (Å²) >= 11 is 6.08. The molecule has 164 valence electrons. The van der Waals surface area contributed by atoms with Gasteiger partial charge in [0.25, 0.3) is 0 Å². The van der Waals surface area contributed by atoms with Gasteiger partial charge in [0.2, 0.25) is 5.91 Å². The number of pyridine rings is 1. The highest BCUT2D eigenvalue weighted by Gasteiger charge is 2.56. The Labute approximate surface area is 189 Å². The van der Waals surface area contributed by atoms with Crippen LogP contribution in [0.5, 0.6) is 0 Å². The van der Waals surface area contributed by atoms with Crippen LogP contribution >= 0.6 is 11.6 Å². The van der Waals surface area contributed by atoms with Crippen molar-refractivity contribution in [1.82, 2.24) is 14.8 Å².